The van der Waals surface area contributed by atoms with Gasteiger partial charge in [0, 0.05) is 11.8 Å². The van der Waals surface area contributed by atoms with Crippen LogP contribution in [0.3, 0.4) is 0 Å². The molecule has 1 aliphatic rings. The summed E-state index contributed by atoms with van der Waals surface area (Å²) in [5.41, 5.74) is -1.34. The van der Waals surface area contributed by atoms with Crippen LogP contribution in [0.15, 0.2) is 0 Å². The zero-order valence-electron chi connectivity index (χ0n) is 5.18. The molecular weight excluding hydrogens is 329 g/mol. The van der Waals surface area contributed by atoms with E-state index in [0.29, 0.717) is 0 Å². The van der Waals surface area contributed by atoms with Gasteiger partial charge in [-0.3, -0.25) is 0 Å². The van der Waals surface area contributed by atoms with E-state index in [1.807, 2.05) is 0 Å². The molecule has 11 heavy (non-hydrogen) atoms. The van der Waals surface area contributed by atoms with Crippen LogP contribution in [0, 0.1) is 5.41 Å². The molecule has 1 aliphatic carbocycles. The molecule has 0 unspecified atom stereocenters. The number of hydrogen-bond acceptors (Lipinski definition) is 0. The summed E-state index contributed by atoms with van der Waals surface area (Å²) >= 11 is 16.5. The minimum Gasteiger partial charge on any atom is -0.203 e. The van der Waals surface area contributed by atoms with Crippen LogP contribution in [0.5, 0.6) is 0 Å². The highest BCUT2D eigenvalue weighted by Crippen LogP contribution is 2.77. The molecule has 0 spiro atoms. The fraction of sp³-hybridized carbons (Fsp3) is 1.00. The van der Waals surface area contributed by atoms with Gasteiger partial charge in [-0.1, -0.05) is 31.9 Å². The van der Waals surface area contributed by atoms with Gasteiger partial charge in [-0.2, -0.15) is 0 Å². The summed E-state index contributed by atoms with van der Waals surface area (Å²) in [6, 6.07) is 0. The van der Waals surface area contributed by atoms with Crippen molar-refractivity contribution >= 4 is 55.1 Å². The lowest BCUT2D eigenvalue weighted by Gasteiger charge is -2.06. The Balaban J connectivity index is 2.93. The molecule has 1 saturated carbocycles. The molecule has 1 rings (SSSR count). The Kier molecular flexibility index (Phi) is 2.57. The second-order valence-electron chi connectivity index (χ2n) is 2.50. The van der Waals surface area contributed by atoms with E-state index in [2.05, 4.69) is 31.9 Å². The monoisotopic (exact) mass is 330 g/mol. The first-order valence-electron chi connectivity index (χ1n) is 2.75. The first-order chi connectivity index (χ1) is 4.87. The zero-order chi connectivity index (χ0) is 8.91. The van der Waals surface area contributed by atoms with Crippen LogP contribution in [-0.4, -0.2) is 20.9 Å². The van der Waals surface area contributed by atoms with Crippen molar-refractivity contribution < 1.29 is 8.78 Å². The van der Waals surface area contributed by atoms with Crippen molar-refractivity contribution in [1.82, 2.24) is 0 Å². The zero-order valence-corrected chi connectivity index (χ0v) is 9.87. The number of rotatable bonds is 2. The van der Waals surface area contributed by atoms with Crippen LogP contribution < -0.4 is 0 Å². The highest BCUT2D eigenvalue weighted by atomic mass is 79.9. The molecule has 6 heteroatoms. The molecule has 66 valence electrons. The van der Waals surface area contributed by atoms with Gasteiger partial charge in [0.25, 0.3) is 5.92 Å². The van der Waals surface area contributed by atoms with Gasteiger partial charge in [0.15, 0.2) is 3.23 Å². The van der Waals surface area contributed by atoms with Crippen molar-refractivity contribution in [1.29, 1.82) is 0 Å². The average Bonchev–Trinajstić information content (AvgIpc) is 2.22. The van der Waals surface area contributed by atoms with Gasteiger partial charge in [-0.05, 0) is 0 Å². The van der Waals surface area contributed by atoms with E-state index in [0.717, 1.165) is 0 Å². The first-order valence-corrected chi connectivity index (χ1v) is 5.40. The smallest absolute Gasteiger partial charge is 0.203 e. The molecule has 0 saturated heterocycles. The van der Waals surface area contributed by atoms with Crippen molar-refractivity contribution in [2.45, 2.75) is 9.16 Å². The summed E-state index contributed by atoms with van der Waals surface area (Å²) in [4.78, 5) is 0. The predicted octanol–water partition coefficient (Wildman–Crippen LogP) is 3.59. The third-order valence-electron chi connectivity index (χ3n) is 1.99. The second kappa shape index (κ2) is 2.69. The van der Waals surface area contributed by atoms with Crippen molar-refractivity contribution in [3.63, 3.8) is 0 Å². The van der Waals surface area contributed by atoms with E-state index >= 15 is 0 Å². The van der Waals surface area contributed by atoms with E-state index in [4.69, 9.17) is 23.2 Å². The van der Waals surface area contributed by atoms with E-state index in [-0.39, 0.29) is 11.8 Å². The van der Waals surface area contributed by atoms with Gasteiger partial charge >= 0.3 is 0 Å². The molecule has 0 aliphatic heterocycles. The van der Waals surface area contributed by atoms with Gasteiger partial charge in [0.1, 0.15) is 0 Å². The molecule has 0 bridgehead atoms. The molecule has 0 radical (unpaired) electrons. The molecule has 0 amide bonds. The summed E-state index contributed by atoms with van der Waals surface area (Å²) in [5, 5.41) is 0. The van der Waals surface area contributed by atoms with E-state index in [1.165, 1.54) is 0 Å². The van der Waals surface area contributed by atoms with Crippen LogP contribution in [0.25, 0.3) is 0 Å². The van der Waals surface area contributed by atoms with Gasteiger partial charge < -0.3 is 0 Å². The van der Waals surface area contributed by atoms with Crippen molar-refractivity contribution in [2.24, 2.45) is 5.41 Å². The Bertz CT molecular complexity index is 163. The number of alkyl halides is 6. The topological polar surface area (TPSA) is 0 Å². The van der Waals surface area contributed by atoms with Crippen molar-refractivity contribution in [3.05, 3.63) is 0 Å². The predicted molar refractivity (Wildman–Crippen MR) is 49.4 cm³/mol. The Labute approximate surface area is 89.9 Å². The van der Waals surface area contributed by atoms with Gasteiger partial charge in [-0.25, -0.2) is 8.78 Å². The third kappa shape index (κ3) is 0.960. The van der Waals surface area contributed by atoms with Crippen LogP contribution in [0.2, 0.25) is 0 Å². The summed E-state index contributed by atoms with van der Waals surface area (Å²) in [6.45, 7) is 0. The van der Waals surface area contributed by atoms with Crippen LogP contribution in [0.1, 0.15) is 0 Å². The fourth-order valence-electron chi connectivity index (χ4n) is 0.893. The third-order valence-corrected chi connectivity index (χ3v) is 5.42. The van der Waals surface area contributed by atoms with Gasteiger partial charge in [0.05, 0.1) is 5.41 Å². The maximum atomic E-state index is 13.0. The highest BCUT2D eigenvalue weighted by Gasteiger charge is 2.89. The summed E-state index contributed by atoms with van der Waals surface area (Å²) in [7, 11) is 0. The second-order valence-corrected chi connectivity index (χ2v) is 6.48. The number of halogens is 6. The maximum Gasteiger partial charge on any atom is 0.283 e. The highest BCUT2D eigenvalue weighted by molar-refractivity contribution is 9.25. The molecule has 0 atom stereocenters. The van der Waals surface area contributed by atoms with Crippen molar-refractivity contribution in [2.75, 3.05) is 11.8 Å². The van der Waals surface area contributed by atoms with E-state index in [9.17, 15) is 8.78 Å². The van der Waals surface area contributed by atoms with E-state index in [1.54, 1.807) is 0 Å². The Morgan fingerprint density at radius 1 is 1.09 bits per heavy atom. The van der Waals surface area contributed by atoms with Gasteiger partial charge in [0.2, 0.25) is 0 Å². The fourth-order valence-corrected chi connectivity index (χ4v) is 4.18. The Hall–Kier alpha value is 1.40. The van der Waals surface area contributed by atoms with E-state index < -0.39 is 14.6 Å². The minimum atomic E-state index is -2.87. The molecular formula is C5H4Br2Cl2F2. The van der Waals surface area contributed by atoms with Gasteiger partial charge in [-0.15, -0.1) is 23.2 Å². The van der Waals surface area contributed by atoms with Crippen LogP contribution in [-0.2, 0) is 0 Å². The molecule has 0 heterocycles. The minimum absolute atomic E-state index is 0.167. The lowest BCUT2D eigenvalue weighted by Crippen LogP contribution is -2.15. The summed E-state index contributed by atoms with van der Waals surface area (Å²) < 4.78 is 24.5. The largest absolute Gasteiger partial charge is 0.283 e. The van der Waals surface area contributed by atoms with Crippen LogP contribution >= 0.6 is 55.1 Å². The van der Waals surface area contributed by atoms with Crippen molar-refractivity contribution in [3.8, 4) is 0 Å². The normalized spacial score (nSPS) is 30.0. The SMILES string of the molecule is FC1(F)C(Br)(Br)C1(CCl)CCl. The Morgan fingerprint density at radius 2 is 1.36 bits per heavy atom. The summed E-state index contributed by atoms with van der Waals surface area (Å²) in [5.74, 6) is -3.20. The molecule has 0 nitrogen and oxygen atoms in total. The first kappa shape index (κ1) is 10.5. The Morgan fingerprint density at radius 3 is 1.36 bits per heavy atom. The average molecular weight is 333 g/mol. The molecule has 0 aromatic carbocycles. The lowest BCUT2D eigenvalue weighted by molar-refractivity contribution is 0.0783. The molecule has 0 aromatic rings. The molecule has 0 aromatic heterocycles. The standard InChI is InChI=1S/C5H4Br2Cl2F2/c6-4(7)3(1-8,2-9)5(4,10)11/h1-2H2. The van der Waals surface area contributed by atoms with Crippen LogP contribution in [0.4, 0.5) is 8.78 Å². The molecule has 1 fully saturated rings. The quantitative estimate of drug-likeness (QED) is 0.678. The number of hydrogen-bond donors (Lipinski definition) is 0. The summed E-state index contributed by atoms with van der Waals surface area (Å²) in [6.07, 6.45) is 0. The lowest BCUT2D eigenvalue weighted by atomic mass is 10.2. The maximum absolute atomic E-state index is 13.0. The molecule has 0 N–H and O–H groups in total.